The minimum absolute atomic E-state index is 0.0541. The Morgan fingerprint density at radius 2 is 1.13 bits per heavy atom. The van der Waals surface area contributed by atoms with E-state index in [2.05, 4.69) is 57.9 Å². The van der Waals surface area contributed by atoms with E-state index in [1.165, 1.54) is 0 Å². The fraction of sp³-hybridized carbons (Fsp3) is 0.889. The molecule has 0 unspecified atom stereocenters. The number of aliphatic hydroxyl groups is 1. The summed E-state index contributed by atoms with van der Waals surface area (Å²) >= 11 is 0. The van der Waals surface area contributed by atoms with Gasteiger partial charge in [0.1, 0.15) is 0 Å². The number of hydrogen-bond acceptors (Lipinski definition) is 8. The van der Waals surface area contributed by atoms with Crippen LogP contribution in [0.15, 0.2) is 0 Å². The number of carboxylic acid groups (broad SMARTS) is 1. The van der Waals surface area contributed by atoms with E-state index in [1.807, 2.05) is 0 Å². The SMILES string of the molecule is CC(C)(CCC(=O)O)N1CCN(CCC(=O)NCNC(=O)CCC(C)(C)N2CCN(CCCO)CC2)CC1. The first-order valence-electron chi connectivity index (χ1n) is 14.2. The Labute approximate surface area is 228 Å². The first kappa shape index (κ1) is 32.4. The monoisotopic (exact) mass is 540 g/mol. The number of nitrogens with zero attached hydrogens (tertiary/aromatic N) is 4. The molecule has 0 bridgehead atoms. The zero-order valence-electron chi connectivity index (χ0n) is 24.1. The van der Waals surface area contributed by atoms with Gasteiger partial charge < -0.3 is 30.6 Å². The highest BCUT2D eigenvalue weighted by atomic mass is 16.4. The van der Waals surface area contributed by atoms with E-state index in [1.54, 1.807) is 0 Å². The molecule has 0 spiro atoms. The number of piperazine rings is 2. The molecular formula is C27H52N6O5. The van der Waals surface area contributed by atoms with Crippen LogP contribution in [0.4, 0.5) is 0 Å². The molecule has 0 aromatic carbocycles. The van der Waals surface area contributed by atoms with E-state index >= 15 is 0 Å². The highest BCUT2D eigenvalue weighted by Crippen LogP contribution is 2.23. The van der Waals surface area contributed by atoms with E-state index in [0.29, 0.717) is 25.8 Å². The van der Waals surface area contributed by atoms with Gasteiger partial charge in [-0.3, -0.25) is 24.2 Å². The van der Waals surface area contributed by atoms with Gasteiger partial charge in [-0.1, -0.05) is 0 Å². The van der Waals surface area contributed by atoms with Crippen LogP contribution in [0.2, 0.25) is 0 Å². The zero-order valence-corrected chi connectivity index (χ0v) is 24.1. The van der Waals surface area contributed by atoms with Crippen LogP contribution in [-0.4, -0.2) is 137 Å². The van der Waals surface area contributed by atoms with Crippen molar-refractivity contribution in [3.63, 3.8) is 0 Å². The van der Waals surface area contributed by atoms with Gasteiger partial charge in [0, 0.05) is 102 Å². The largest absolute Gasteiger partial charge is 0.481 e. The Hall–Kier alpha value is -1.79. The van der Waals surface area contributed by atoms with Crippen LogP contribution in [0.5, 0.6) is 0 Å². The molecule has 2 heterocycles. The summed E-state index contributed by atoms with van der Waals surface area (Å²) < 4.78 is 0. The third kappa shape index (κ3) is 11.5. The summed E-state index contributed by atoms with van der Waals surface area (Å²) in [5, 5.41) is 23.6. The number of carbonyl (C=O) groups excluding carboxylic acids is 2. The van der Waals surface area contributed by atoms with Crippen LogP contribution < -0.4 is 10.6 Å². The van der Waals surface area contributed by atoms with E-state index in [4.69, 9.17) is 10.2 Å². The summed E-state index contributed by atoms with van der Waals surface area (Å²) in [4.78, 5) is 45.0. The number of nitrogens with one attached hydrogen (secondary N) is 2. The zero-order chi connectivity index (χ0) is 28.2. The molecule has 0 aromatic heterocycles. The maximum absolute atomic E-state index is 12.4. The standard InChI is InChI=1S/C27H52N6O5/c1-26(2,32-17-13-30(14-18-32)11-5-21-34)9-6-23(35)28-22-29-24(36)8-12-31-15-19-33(20-16-31)27(3,4)10-7-25(37)38/h34H,5-22H2,1-4H3,(H,28,35)(H,29,36)(H,37,38). The average Bonchev–Trinajstić information content (AvgIpc) is 2.89. The summed E-state index contributed by atoms with van der Waals surface area (Å²) in [5.74, 6) is -0.890. The molecule has 220 valence electrons. The van der Waals surface area contributed by atoms with Crippen molar-refractivity contribution in [1.29, 1.82) is 0 Å². The highest BCUT2D eigenvalue weighted by Gasteiger charge is 2.31. The van der Waals surface area contributed by atoms with Crippen molar-refractivity contribution < 1.29 is 24.6 Å². The molecule has 0 saturated carbocycles. The van der Waals surface area contributed by atoms with Crippen LogP contribution in [0.1, 0.15) is 66.2 Å². The van der Waals surface area contributed by atoms with E-state index in [-0.39, 0.29) is 42.6 Å². The minimum Gasteiger partial charge on any atom is -0.481 e. The van der Waals surface area contributed by atoms with Crippen molar-refractivity contribution in [1.82, 2.24) is 30.2 Å². The first-order valence-corrected chi connectivity index (χ1v) is 14.2. The normalized spacial score (nSPS) is 18.9. The number of carbonyl (C=O) groups is 3. The van der Waals surface area contributed by atoms with Crippen LogP contribution >= 0.6 is 0 Å². The highest BCUT2D eigenvalue weighted by molar-refractivity contribution is 5.78. The van der Waals surface area contributed by atoms with Crippen molar-refractivity contribution in [3.05, 3.63) is 0 Å². The van der Waals surface area contributed by atoms with Crippen LogP contribution in [0, 0.1) is 0 Å². The number of amides is 2. The molecule has 2 aliphatic heterocycles. The van der Waals surface area contributed by atoms with Gasteiger partial charge in [-0.15, -0.1) is 0 Å². The smallest absolute Gasteiger partial charge is 0.303 e. The van der Waals surface area contributed by atoms with Crippen molar-refractivity contribution >= 4 is 17.8 Å². The first-order chi connectivity index (χ1) is 17.9. The summed E-state index contributed by atoms with van der Waals surface area (Å²) in [7, 11) is 0. The average molecular weight is 541 g/mol. The Morgan fingerprint density at radius 1 is 0.684 bits per heavy atom. The van der Waals surface area contributed by atoms with Gasteiger partial charge in [-0.25, -0.2) is 0 Å². The second-order valence-electron chi connectivity index (χ2n) is 11.9. The molecule has 2 amide bonds. The van der Waals surface area contributed by atoms with Gasteiger partial charge in [0.2, 0.25) is 11.8 Å². The van der Waals surface area contributed by atoms with Gasteiger partial charge >= 0.3 is 5.97 Å². The molecule has 0 aromatic rings. The molecule has 38 heavy (non-hydrogen) atoms. The second kappa shape index (κ2) is 15.7. The molecule has 0 radical (unpaired) electrons. The lowest BCUT2D eigenvalue weighted by atomic mass is 9.94. The number of hydrogen-bond donors (Lipinski definition) is 4. The molecule has 2 fully saturated rings. The van der Waals surface area contributed by atoms with E-state index < -0.39 is 5.97 Å². The predicted molar refractivity (Wildman–Crippen MR) is 148 cm³/mol. The van der Waals surface area contributed by atoms with Crippen LogP contribution in [0.3, 0.4) is 0 Å². The van der Waals surface area contributed by atoms with E-state index in [0.717, 1.165) is 71.7 Å². The van der Waals surface area contributed by atoms with Gasteiger partial charge in [0.15, 0.2) is 0 Å². The molecule has 4 N–H and O–H groups in total. The lowest BCUT2D eigenvalue weighted by Gasteiger charge is -2.44. The van der Waals surface area contributed by atoms with Crippen molar-refractivity contribution in [2.45, 2.75) is 77.3 Å². The third-order valence-corrected chi connectivity index (χ3v) is 8.23. The van der Waals surface area contributed by atoms with E-state index in [9.17, 15) is 14.4 Å². The fourth-order valence-corrected chi connectivity index (χ4v) is 5.27. The maximum atomic E-state index is 12.4. The Morgan fingerprint density at radius 3 is 1.61 bits per heavy atom. The lowest BCUT2D eigenvalue weighted by Crippen LogP contribution is -2.55. The molecule has 11 nitrogen and oxygen atoms in total. The van der Waals surface area contributed by atoms with Gasteiger partial charge in [-0.05, 0) is 47.0 Å². The summed E-state index contributed by atoms with van der Waals surface area (Å²) in [6.45, 7) is 17.9. The van der Waals surface area contributed by atoms with Gasteiger partial charge in [0.05, 0.1) is 6.67 Å². The van der Waals surface area contributed by atoms with Crippen molar-refractivity contribution in [2.75, 3.05) is 78.7 Å². The summed E-state index contributed by atoms with van der Waals surface area (Å²) in [5.41, 5.74) is -0.218. The molecular weight excluding hydrogens is 488 g/mol. The molecule has 0 aliphatic carbocycles. The van der Waals surface area contributed by atoms with Crippen LogP contribution in [0.25, 0.3) is 0 Å². The van der Waals surface area contributed by atoms with Crippen LogP contribution in [-0.2, 0) is 14.4 Å². The molecule has 0 atom stereocenters. The van der Waals surface area contributed by atoms with Crippen molar-refractivity contribution in [3.8, 4) is 0 Å². The maximum Gasteiger partial charge on any atom is 0.303 e. The van der Waals surface area contributed by atoms with Gasteiger partial charge in [-0.2, -0.15) is 0 Å². The number of aliphatic hydroxyl groups excluding tert-OH is 1. The number of rotatable bonds is 16. The summed E-state index contributed by atoms with van der Waals surface area (Å²) in [6, 6.07) is 0. The third-order valence-electron chi connectivity index (χ3n) is 8.23. The van der Waals surface area contributed by atoms with Gasteiger partial charge in [0.25, 0.3) is 0 Å². The molecule has 2 saturated heterocycles. The molecule has 11 heteroatoms. The minimum atomic E-state index is -0.761. The number of aliphatic carboxylic acids is 1. The Balaban J connectivity index is 1.56. The lowest BCUT2D eigenvalue weighted by molar-refractivity contribution is -0.138. The topological polar surface area (TPSA) is 129 Å². The fourth-order valence-electron chi connectivity index (χ4n) is 5.27. The second-order valence-corrected chi connectivity index (χ2v) is 11.9. The molecule has 2 rings (SSSR count). The predicted octanol–water partition coefficient (Wildman–Crippen LogP) is 0.386. The Kier molecular flexibility index (Phi) is 13.4. The quantitative estimate of drug-likeness (QED) is 0.206. The summed E-state index contributed by atoms with van der Waals surface area (Å²) in [6.07, 6.45) is 3.16. The molecule has 2 aliphatic rings. The number of carboxylic acids is 1. The van der Waals surface area contributed by atoms with Crippen molar-refractivity contribution in [2.24, 2.45) is 0 Å². The Bertz CT molecular complexity index is 746.